The van der Waals surface area contributed by atoms with Gasteiger partial charge in [-0.1, -0.05) is 0 Å². The maximum Gasteiger partial charge on any atom is 0.326 e. The minimum atomic E-state index is -1.73. The molecule has 0 heterocycles. The summed E-state index contributed by atoms with van der Waals surface area (Å²) in [4.78, 5) is 32.3. The monoisotopic (exact) mass is 265 g/mol. The predicted octanol–water partition coefficient (Wildman–Crippen LogP) is -0.855. The van der Waals surface area contributed by atoms with Gasteiger partial charge in [-0.3, -0.25) is 9.59 Å². The zero-order chi connectivity index (χ0) is 13.4. The molecule has 0 saturated carbocycles. The van der Waals surface area contributed by atoms with Crippen LogP contribution in [0.2, 0.25) is 0 Å². The number of aliphatic hydroxyl groups is 1. The quantitative estimate of drug-likeness (QED) is 0.450. The minimum Gasteiger partial charge on any atom is -0.481 e. The Morgan fingerprint density at radius 1 is 1.29 bits per heavy atom. The molecule has 0 spiro atoms. The molecule has 8 heteroatoms. The average molecular weight is 265 g/mol. The molecule has 0 aromatic carbocycles. The first-order valence-electron chi connectivity index (χ1n) is 4.80. The molecule has 0 aromatic heterocycles. The number of hydrogen-bond donors (Lipinski definition) is 4. The lowest BCUT2D eigenvalue weighted by molar-refractivity contribution is -0.146. The van der Waals surface area contributed by atoms with Gasteiger partial charge in [-0.25, -0.2) is 4.79 Å². The van der Waals surface area contributed by atoms with Gasteiger partial charge in [-0.15, -0.1) is 0 Å². The second kappa shape index (κ2) is 7.91. The van der Waals surface area contributed by atoms with Crippen molar-refractivity contribution in [3.05, 3.63) is 0 Å². The van der Waals surface area contributed by atoms with Crippen LogP contribution < -0.4 is 5.32 Å². The Bertz CT molecular complexity index is 295. The van der Waals surface area contributed by atoms with Gasteiger partial charge in [0.15, 0.2) is 0 Å². The van der Waals surface area contributed by atoms with E-state index in [4.69, 9.17) is 15.3 Å². The van der Waals surface area contributed by atoms with Gasteiger partial charge in [0.1, 0.15) is 12.1 Å². The first-order chi connectivity index (χ1) is 7.88. The number of amides is 1. The first kappa shape index (κ1) is 15.7. The van der Waals surface area contributed by atoms with E-state index in [-0.39, 0.29) is 6.42 Å². The van der Waals surface area contributed by atoms with E-state index in [0.717, 1.165) is 0 Å². The Morgan fingerprint density at radius 3 is 2.29 bits per heavy atom. The van der Waals surface area contributed by atoms with Gasteiger partial charge >= 0.3 is 11.9 Å². The number of carboxylic acid groups (broad SMARTS) is 2. The molecule has 0 rings (SSSR count). The van der Waals surface area contributed by atoms with Gasteiger partial charge in [-0.2, -0.15) is 11.8 Å². The largest absolute Gasteiger partial charge is 0.481 e. The normalized spacial score (nSPS) is 13.8. The molecule has 1 amide bonds. The van der Waals surface area contributed by atoms with Gasteiger partial charge in [0.2, 0.25) is 5.91 Å². The van der Waals surface area contributed by atoms with Gasteiger partial charge < -0.3 is 20.6 Å². The highest BCUT2D eigenvalue weighted by atomic mass is 32.2. The second-order valence-electron chi connectivity index (χ2n) is 3.29. The van der Waals surface area contributed by atoms with E-state index in [1.54, 1.807) is 6.26 Å². The predicted molar refractivity (Wildman–Crippen MR) is 60.8 cm³/mol. The van der Waals surface area contributed by atoms with Crippen LogP contribution in [-0.2, 0) is 14.4 Å². The highest BCUT2D eigenvalue weighted by molar-refractivity contribution is 7.98. The molecular weight excluding hydrogens is 250 g/mol. The Hall–Kier alpha value is -1.28. The summed E-state index contributed by atoms with van der Waals surface area (Å²) in [7, 11) is 0. The summed E-state index contributed by atoms with van der Waals surface area (Å²) in [6, 6.07) is -1.11. The number of carbonyl (C=O) groups excluding carboxylic acids is 1. The summed E-state index contributed by atoms with van der Waals surface area (Å²) >= 11 is 1.42. The molecule has 0 bridgehead atoms. The van der Waals surface area contributed by atoms with Crippen molar-refractivity contribution in [2.75, 3.05) is 12.0 Å². The molecule has 0 aliphatic heterocycles. The minimum absolute atomic E-state index is 0.210. The Labute approximate surface area is 102 Å². The number of rotatable bonds is 8. The Balaban J connectivity index is 4.29. The van der Waals surface area contributed by atoms with Crippen molar-refractivity contribution >= 4 is 29.6 Å². The molecule has 2 unspecified atom stereocenters. The number of carboxylic acids is 2. The molecule has 2 atom stereocenters. The molecule has 0 aliphatic carbocycles. The fourth-order valence-electron chi connectivity index (χ4n) is 1.02. The number of hydrogen-bond acceptors (Lipinski definition) is 5. The molecule has 0 fully saturated rings. The van der Waals surface area contributed by atoms with Crippen molar-refractivity contribution in [2.45, 2.75) is 25.0 Å². The summed E-state index contributed by atoms with van der Waals surface area (Å²) in [5.41, 5.74) is 0. The highest BCUT2D eigenvalue weighted by Gasteiger charge is 2.24. The van der Waals surface area contributed by atoms with Crippen LogP contribution in [0, 0.1) is 0 Å². The van der Waals surface area contributed by atoms with Crippen molar-refractivity contribution in [3.63, 3.8) is 0 Å². The molecular formula is C9H15NO6S. The van der Waals surface area contributed by atoms with E-state index >= 15 is 0 Å². The highest BCUT2D eigenvalue weighted by Crippen LogP contribution is 2.02. The molecule has 0 saturated heterocycles. The van der Waals surface area contributed by atoms with Crippen LogP contribution in [0.5, 0.6) is 0 Å². The zero-order valence-corrected chi connectivity index (χ0v) is 10.1. The molecule has 0 radical (unpaired) electrons. The fourth-order valence-corrected chi connectivity index (χ4v) is 1.49. The average Bonchev–Trinajstić information content (AvgIpc) is 2.22. The van der Waals surface area contributed by atoms with Crippen molar-refractivity contribution < 1.29 is 29.7 Å². The van der Waals surface area contributed by atoms with E-state index in [0.29, 0.717) is 5.75 Å². The lowest BCUT2D eigenvalue weighted by atomic mass is 10.2. The smallest absolute Gasteiger partial charge is 0.326 e. The van der Waals surface area contributed by atoms with Crippen LogP contribution >= 0.6 is 11.8 Å². The maximum atomic E-state index is 11.3. The number of nitrogens with one attached hydrogen (secondary N) is 1. The summed E-state index contributed by atoms with van der Waals surface area (Å²) in [6.07, 6.45) is -0.480. The van der Waals surface area contributed by atoms with Crippen molar-refractivity contribution in [1.29, 1.82) is 0 Å². The van der Waals surface area contributed by atoms with Gasteiger partial charge in [0, 0.05) is 0 Å². The third kappa shape index (κ3) is 6.80. The molecule has 0 aromatic rings. The van der Waals surface area contributed by atoms with Crippen LogP contribution in [0.25, 0.3) is 0 Å². The van der Waals surface area contributed by atoms with E-state index < -0.39 is 36.4 Å². The number of thioether (sulfide) groups is 1. The summed E-state index contributed by atoms with van der Waals surface area (Å²) < 4.78 is 0. The molecule has 98 valence electrons. The van der Waals surface area contributed by atoms with Crippen molar-refractivity contribution in [3.8, 4) is 0 Å². The van der Waals surface area contributed by atoms with Crippen molar-refractivity contribution in [2.24, 2.45) is 0 Å². The van der Waals surface area contributed by atoms with Crippen LogP contribution in [0.4, 0.5) is 0 Å². The number of carbonyl (C=O) groups is 3. The Kier molecular flexibility index (Phi) is 7.31. The molecule has 0 aliphatic rings. The van der Waals surface area contributed by atoms with Crippen LogP contribution in [0.15, 0.2) is 0 Å². The van der Waals surface area contributed by atoms with Crippen LogP contribution in [0.3, 0.4) is 0 Å². The fraction of sp³-hybridized carbons (Fsp3) is 0.667. The van der Waals surface area contributed by atoms with Crippen molar-refractivity contribution in [1.82, 2.24) is 5.32 Å². The van der Waals surface area contributed by atoms with E-state index in [1.807, 2.05) is 0 Å². The lowest BCUT2D eigenvalue weighted by Crippen LogP contribution is -2.46. The molecule has 7 nitrogen and oxygen atoms in total. The lowest BCUT2D eigenvalue weighted by Gasteiger charge is -2.15. The van der Waals surface area contributed by atoms with Crippen LogP contribution in [-0.4, -0.2) is 57.3 Å². The summed E-state index contributed by atoms with van der Waals surface area (Å²) in [6.45, 7) is 0. The number of aliphatic hydroxyl groups excluding tert-OH is 1. The SMILES string of the molecule is CSCCC(NC(=O)C(O)CC(=O)O)C(=O)O. The van der Waals surface area contributed by atoms with Gasteiger partial charge in [-0.05, 0) is 18.4 Å². The maximum absolute atomic E-state index is 11.3. The number of aliphatic carboxylic acids is 2. The van der Waals surface area contributed by atoms with Gasteiger partial charge in [0.25, 0.3) is 0 Å². The van der Waals surface area contributed by atoms with Gasteiger partial charge in [0.05, 0.1) is 6.42 Å². The third-order valence-corrected chi connectivity index (χ3v) is 2.54. The van der Waals surface area contributed by atoms with E-state index in [2.05, 4.69) is 5.32 Å². The van der Waals surface area contributed by atoms with E-state index in [9.17, 15) is 14.4 Å². The van der Waals surface area contributed by atoms with E-state index in [1.165, 1.54) is 11.8 Å². The third-order valence-electron chi connectivity index (χ3n) is 1.90. The second-order valence-corrected chi connectivity index (χ2v) is 4.28. The zero-order valence-electron chi connectivity index (χ0n) is 9.25. The molecule has 17 heavy (non-hydrogen) atoms. The summed E-state index contributed by atoms with van der Waals surface area (Å²) in [5.74, 6) is -2.99. The summed E-state index contributed by atoms with van der Waals surface area (Å²) in [5, 5.41) is 28.4. The van der Waals surface area contributed by atoms with Crippen LogP contribution in [0.1, 0.15) is 12.8 Å². The first-order valence-corrected chi connectivity index (χ1v) is 6.19. The standard InChI is InChI=1S/C9H15NO6S/c1-17-3-2-5(9(15)16)10-8(14)6(11)4-7(12)13/h5-6,11H,2-4H2,1H3,(H,10,14)(H,12,13)(H,15,16). The molecule has 4 N–H and O–H groups in total. The topological polar surface area (TPSA) is 124 Å². The Morgan fingerprint density at radius 2 is 1.88 bits per heavy atom.